The van der Waals surface area contributed by atoms with E-state index in [1.807, 2.05) is 24.8 Å². The summed E-state index contributed by atoms with van der Waals surface area (Å²) >= 11 is 0. The first-order valence-corrected chi connectivity index (χ1v) is 7.59. The van der Waals surface area contributed by atoms with E-state index >= 15 is 0 Å². The highest BCUT2D eigenvalue weighted by Gasteiger charge is 2.24. The number of nitrogens with zero attached hydrogens (tertiary/aromatic N) is 1. The Bertz CT molecular complexity index is 458. The molecule has 0 radical (unpaired) electrons. The van der Waals surface area contributed by atoms with E-state index in [9.17, 15) is 9.18 Å². The van der Waals surface area contributed by atoms with Crippen molar-refractivity contribution in [2.45, 2.75) is 39.5 Å². The summed E-state index contributed by atoms with van der Waals surface area (Å²) in [7, 11) is 0. The van der Waals surface area contributed by atoms with Crippen LogP contribution in [-0.2, 0) is 11.2 Å². The van der Waals surface area contributed by atoms with Gasteiger partial charge in [-0.2, -0.15) is 0 Å². The van der Waals surface area contributed by atoms with Crippen LogP contribution in [0.3, 0.4) is 0 Å². The summed E-state index contributed by atoms with van der Waals surface area (Å²) in [6.45, 7) is 5.68. The van der Waals surface area contributed by atoms with E-state index in [2.05, 4.69) is 0 Å². The lowest BCUT2D eigenvalue weighted by Crippen LogP contribution is -2.42. The van der Waals surface area contributed by atoms with Crippen LogP contribution in [0.15, 0.2) is 24.3 Å². The zero-order valence-corrected chi connectivity index (χ0v) is 12.4. The van der Waals surface area contributed by atoms with Crippen LogP contribution in [0.25, 0.3) is 0 Å². The molecule has 3 heteroatoms. The molecule has 0 N–H and O–H groups in total. The van der Waals surface area contributed by atoms with Gasteiger partial charge in [0.05, 0.1) is 0 Å². The van der Waals surface area contributed by atoms with Crippen LogP contribution in [0.5, 0.6) is 0 Å². The van der Waals surface area contributed by atoms with Gasteiger partial charge in [0.2, 0.25) is 5.91 Å². The summed E-state index contributed by atoms with van der Waals surface area (Å²) in [6, 6.07) is 6.83. The number of hydrogen-bond donors (Lipinski definition) is 0. The van der Waals surface area contributed by atoms with Gasteiger partial charge in [0.25, 0.3) is 0 Å². The van der Waals surface area contributed by atoms with E-state index in [-0.39, 0.29) is 17.6 Å². The standard InChI is InChI=1S/C17H24FNO/c1-13(2)17(20)19-10-4-6-15(12-19)9-8-14-5-3-7-16(18)11-14/h3,5,7,11,13,15H,4,6,8-10,12H2,1-2H3/t15-/m1/s1. The summed E-state index contributed by atoms with van der Waals surface area (Å²) in [5.41, 5.74) is 1.05. The molecule has 0 bridgehead atoms. The summed E-state index contributed by atoms with van der Waals surface area (Å²) in [6.07, 6.45) is 4.20. The first-order chi connectivity index (χ1) is 9.56. The number of carbonyl (C=O) groups excluding carboxylic acids is 1. The highest BCUT2D eigenvalue weighted by atomic mass is 19.1. The monoisotopic (exact) mass is 277 g/mol. The van der Waals surface area contributed by atoms with Crippen LogP contribution in [0.2, 0.25) is 0 Å². The van der Waals surface area contributed by atoms with Gasteiger partial charge < -0.3 is 4.90 Å². The topological polar surface area (TPSA) is 20.3 Å². The number of rotatable bonds is 4. The number of carbonyl (C=O) groups is 1. The van der Waals surface area contributed by atoms with E-state index in [1.54, 1.807) is 12.1 Å². The lowest BCUT2D eigenvalue weighted by atomic mass is 9.91. The Morgan fingerprint density at radius 2 is 2.25 bits per heavy atom. The van der Waals surface area contributed by atoms with E-state index in [0.29, 0.717) is 5.92 Å². The molecule has 1 aromatic carbocycles. The van der Waals surface area contributed by atoms with Crippen molar-refractivity contribution in [3.8, 4) is 0 Å². The fourth-order valence-corrected chi connectivity index (χ4v) is 2.93. The quantitative estimate of drug-likeness (QED) is 0.822. The summed E-state index contributed by atoms with van der Waals surface area (Å²) in [5.74, 6) is 0.731. The number of benzene rings is 1. The van der Waals surface area contributed by atoms with Gasteiger partial charge in [-0.3, -0.25) is 4.79 Å². The van der Waals surface area contributed by atoms with Crippen LogP contribution >= 0.6 is 0 Å². The highest BCUT2D eigenvalue weighted by Crippen LogP contribution is 2.23. The lowest BCUT2D eigenvalue weighted by molar-refractivity contribution is -0.136. The molecule has 1 aliphatic heterocycles. The van der Waals surface area contributed by atoms with Gasteiger partial charge in [0, 0.05) is 19.0 Å². The van der Waals surface area contributed by atoms with E-state index < -0.39 is 0 Å². The lowest BCUT2D eigenvalue weighted by Gasteiger charge is -2.34. The summed E-state index contributed by atoms with van der Waals surface area (Å²) in [5, 5.41) is 0. The third-order valence-corrected chi connectivity index (χ3v) is 4.05. The second kappa shape index (κ2) is 6.87. The molecule has 2 nitrogen and oxygen atoms in total. The van der Waals surface area contributed by atoms with Crippen molar-refractivity contribution < 1.29 is 9.18 Å². The zero-order chi connectivity index (χ0) is 14.5. The van der Waals surface area contributed by atoms with Gasteiger partial charge in [0.15, 0.2) is 0 Å². The number of likely N-dealkylation sites (tertiary alicyclic amines) is 1. The molecule has 1 heterocycles. The minimum Gasteiger partial charge on any atom is -0.342 e. The predicted octanol–water partition coefficient (Wildman–Crippen LogP) is 3.65. The van der Waals surface area contributed by atoms with Gasteiger partial charge in [-0.25, -0.2) is 4.39 Å². The fourth-order valence-electron chi connectivity index (χ4n) is 2.93. The van der Waals surface area contributed by atoms with E-state index in [4.69, 9.17) is 0 Å². The Morgan fingerprint density at radius 3 is 2.95 bits per heavy atom. The molecular weight excluding hydrogens is 253 g/mol. The van der Waals surface area contributed by atoms with Gasteiger partial charge >= 0.3 is 0 Å². The Balaban J connectivity index is 1.85. The third kappa shape index (κ3) is 4.06. The average Bonchev–Trinajstić information content (AvgIpc) is 2.44. The summed E-state index contributed by atoms with van der Waals surface area (Å²) < 4.78 is 13.1. The van der Waals surface area contributed by atoms with Crippen LogP contribution in [0.4, 0.5) is 4.39 Å². The number of amides is 1. The fraction of sp³-hybridized carbons (Fsp3) is 0.588. The van der Waals surface area contributed by atoms with Crippen LogP contribution in [-0.4, -0.2) is 23.9 Å². The molecule has 0 aliphatic carbocycles. The van der Waals surface area contributed by atoms with Crippen LogP contribution in [0, 0.1) is 17.7 Å². The molecule has 0 aromatic heterocycles. The third-order valence-electron chi connectivity index (χ3n) is 4.05. The molecular formula is C17H24FNO. The molecule has 1 saturated heterocycles. The Labute approximate surface area is 121 Å². The molecule has 0 spiro atoms. The van der Waals surface area contributed by atoms with Crippen molar-refractivity contribution in [1.82, 2.24) is 4.90 Å². The molecule has 0 unspecified atom stereocenters. The van der Waals surface area contributed by atoms with Crippen LogP contribution in [0.1, 0.15) is 38.7 Å². The minimum absolute atomic E-state index is 0.0805. The van der Waals surface area contributed by atoms with Crippen molar-refractivity contribution in [3.63, 3.8) is 0 Å². The zero-order valence-electron chi connectivity index (χ0n) is 12.4. The number of hydrogen-bond acceptors (Lipinski definition) is 1. The molecule has 1 aromatic rings. The van der Waals surface area contributed by atoms with E-state index in [0.717, 1.165) is 37.9 Å². The molecule has 2 rings (SSSR count). The number of halogens is 1. The molecule has 1 amide bonds. The van der Waals surface area contributed by atoms with Gasteiger partial charge in [-0.15, -0.1) is 0 Å². The maximum Gasteiger partial charge on any atom is 0.225 e. The first kappa shape index (κ1) is 15.0. The average molecular weight is 277 g/mol. The van der Waals surface area contributed by atoms with Crippen molar-refractivity contribution >= 4 is 5.91 Å². The molecule has 20 heavy (non-hydrogen) atoms. The Kier molecular flexibility index (Phi) is 5.16. The SMILES string of the molecule is CC(C)C(=O)N1CCC[C@H](CCc2cccc(F)c2)C1. The van der Waals surface area contributed by atoms with Crippen molar-refractivity contribution in [2.75, 3.05) is 13.1 Å². The molecule has 1 atom stereocenters. The van der Waals surface area contributed by atoms with Crippen LogP contribution < -0.4 is 0 Å². The minimum atomic E-state index is -0.164. The maximum absolute atomic E-state index is 13.1. The Morgan fingerprint density at radius 1 is 1.45 bits per heavy atom. The number of aryl methyl sites for hydroxylation is 1. The van der Waals surface area contributed by atoms with Crippen molar-refractivity contribution in [2.24, 2.45) is 11.8 Å². The van der Waals surface area contributed by atoms with Gasteiger partial charge in [0.1, 0.15) is 5.82 Å². The molecule has 1 aliphatic rings. The van der Waals surface area contributed by atoms with Crippen molar-refractivity contribution in [3.05, 3.63) is 35.6 Å². The van der Waals surface area contributed by atoms with Gasteiger partial charge in [-0.1, -0.05) is 26.0 Å². The van der Waals surface area contributed by atoms with Crippen molar-refractivity contribution in [1.29, 1.82) is 0 Å². The maximum atomic E-state index is 13.1. The molecule has 1 fully saturated rings. The molecule has 110 valence electrons. The predicted molar refractivity (Wildman–Crippen MR) is 78.9 cm³/mol. The smallest absolute Gasteiger partial charge is 0.225 e. The number of piperidine rings is 1. The normalized spacial score (nSPS) is 19.4. The summed E-state index contributed by atoms with van der Waals surface area (Å²) in [4.78, 5) is 14.0. The first-order valence-electron chi connectivity index (χ1n) is 7.59. The van der Waals surface area contributed by atoms with E-state index in [1.165, 1.54) is 12.5 Å². The Hall–Kier alpha value is -1.38. The molecule has 0 saturated carbocycles. The van der Waals surface area contributed by atoms with Gasteiger partial charge in [-0.05, 0) is 49.3 Å². The second-order valence-corrected chi connectivity index (χ2v) is 6.12. The largest absolute Gasteiger partial charge is 0.342 e. The highest BCUT2D eigenvalue weighted by molar-refractivity contribution is 5.78. The second-order valence-electron chi connectivity index (χ2n) is 6.12.